The highest BCUT2D eigenvalue weighted by molar-refractivity contribution is 5.73. The van der Waals surface area contributed by atoms with Crippen molar-refractivity contribution in [1.82, 2.24) is 24.9 Å². The quantitative estimate of drug-likeness (QED) is 0.907. The molecule has 2 amide bonds. The van der Waals surface area contributed by atoms with Gasteiger partial charge in [-0.15, -0.1) is 0 Å². The van der Waals surface area contributed by atoms with E-state index in [1.165, 1.54) is 21.7 Å². The van der Waals surface area contributed by atoms with Crippen molar-refractivity contribution >= 4 is 6.03 Å². The molecule has 0 bridgehead atoms. The van der Waals surface area contributed by atoms with Crippen molar-refractivity contribution < 1.29 is 4.79 Å². The summed E-state index contributed by atoms with van der Waals surface area (Å²) in [5.41, 5.74) is 4.97. The molecule has 2 heterocycles. The number of carbonyl (C=O) groups excluding carboxylic acids is 1. The van der Waals surface area contributed by atoms with Crippen LogP contribution in [0.2, 0.25) is 0 Å². The smallest absolute Gasteiger partial charge is 0.317 e. The van der Waals surface area contributed by atoms with E-state index in [2.05, 4.69) is 57.3 Å². The molecule has 0 radical (unpaired) electrons. The zero-order chi connectivity index (χ0) is 17.8. The summed E-state index contributed by atoms with van der Waals surface area (Å²) in [6, 6.07) is 10.7. The summed E-state index contributed by atoms with van der Waals surface area (Å²) < 4.78 is 2.07. The Hall–Kier alpha value is -2.34. The largest absolute Gasteiger partial charge is 0.332 e. The lowest BCUT2D eigenvalue weighted by Crippen LogP contribution is -2.34. The van der Waals surface area contributed by atoms with E-state index in [1.54, 1.807) is 14.1 Å². The summed E-state index contributed by atoms with van der Waals surface area (Å²) in [5, 5.41) is 7.49. The monoisotopic (exact) mass is 341 g/mol. The van der Waals surface area contributed by atoms with Gasteiger partial charge in [-0.2, -0.15) is 5.10 Å². The normalized spacial score (nSPS) is 14.2. The van der Waals surface area contributed by atoms with Crippen LogP contribution in [0.4, 0.5) is 4.79 Å². The first-order valence-corrected chi connectivity index (χ1v) is 8.86. The predicted octanol–water partition coefficient (Wildman–Crippen LogP) is 2.23. The van der Waals surface area contributed by atoms with Gasteiger partial charge in [-0.3, -0.25) is 9.58 Å². The lowest BCUT2D eigenvalue weighted by atomic mass is 10.0. The summed E-state index contributed by atoms with van der Waals surface area (Å²) in [5.74, 6) is 0. The van der Waals surface area contributed by atoms with Crippen LogP contribution in [0.25, 0.3) is 0 Å². The second-order valence-corrected chi connectivity index (χ2v) is 6.74. The van der Waals surface area contributed by atoms with Crippen molar-refractivity contribution in [3.05, 3.63) is 52.8 Å². The molecule has 2 aromatic rings. The highest BCUT2D eigenvalue weighted by Gasteiger charge is 2.19. The Morgan fingerprint density at radius 1 is 1.24 bits per heavy atom. The highest BCUT2D eigenvalue weighted by Crippen LogP contribution is 2.18. The van der Waals surface area contributed by atoms with E-state index in [0.717, 1.165) is 38.3 Å². The first-order chi connectivity index (χ1) is 12.1. The van der Waals surface area contributed by atoms with Crippen LogP contribution in [0.1, 0.15) is 29.4 Å². The molecular weight excluding hydrogens is 314 g/mol. The molecule has 1 aliphatic rings. The average Bonchev–Trinajstić information content (AvgIpc) is 3.02. The number of carbonyl (C=O) groups is 1. The van der Waals surface area contributed by atoms with E-state index in [9.17, 15) is 4.79 Å². The van der Waals surface area contributed by atoms with E-state index < -0.39 is 0 Å². The maximum atomic E-state index is 11.6. The second kappa shape index (κ2) is 7.70. The first kappa shape index (κ1) is 17.5. The van der Waals surface area contributed by atoms with E-state index in [0.29, 0.717) is 6.54 Å². The summed E-state index contributed by atoms with van der Waals surface area (Å²) in [6.45, 7) is 6.43. The molecule has 0 saturated heterocycles. The van der Waals surface area contributed by atoms with Gasteiger partial charge in [0.25, 0.3) is 0 Å². The van der Waals surface area contributed by atoms with Gasteiger partial charge in [0.1, 0.15) is 0 Å². The van der Waals surface area contributed by atoms with Crippen molar-refractivity contribution in [1.29, 1.82) is 0 Å². The Labute approximate surface area is 149 Å². The number of urea groups is 1. The van der Waals surface area contributed by atoms with Crippen LogP contribution in [-0.2, 0) is 32.6 Å². The fraction of sp³-hybridized carbons (Fsp3) is 0.474. The van der Waals surface area contributed by atoms with Gasteiger partial charge in [-0.05, 0) is 23.6 Å². The Kier molecular flexibility index (Phi) is 5.38. The van der Waals surface area contributed by atoms with Crippen molar-refractivity contribution in [2.24, 2.45) is 0 Å². The van der Waals surface area contributed by atoms with Crippen molar-refractivity contribution in [3.63, 3.8) is 0 Å². The van der Waals surface area contributed by atoms with Gasteiger partial charge in [-0.25, -0.2) is 4.79 Å². The predicted molar refractivity (Wildman–Crippen MR) is 98.1 cm³/mol. The number of aryl methyl sites for hydroxylation is 1. The third kappa shape index (κ3) is 4.20. The van der Waals surface area contributed by atoms with Crippen molar-refractivity contribution in [2.75, 3.05) is 20.6 Å². The van der Waals surface area contributed by atoms with Gasteiger partial charge in [0.15, 0.2) is 0 Å². The first-order valence-electron chi connectivity index (χ1n) is 8.86. The maximum absolute atomic E-state index is 11.6. The minimum absolute atomic E-state index is 0.0937. The van der Waals surface area contributed by atoms with Crippen LogP contribution < -0.4 is 5.32 Å². The van der Waals surface area contributed by atoms with Gasteiger partial charge < -0.3 is 10.2 Å². The molecule has 0 atom stereocenters. The molecule has 0 fully saturated rings. The number of hydrogen-bond donors (Lipinski definition) is 1. The van der Waals surface area contributed by atoms with Crippen LogP contribution in [0.5, 0.6) is 0 Å². The average molecular weight is 341 g/mol. The Bertz CT molecular complexity index is 737. The summed E-state index contributed by atoms with van der Waals surface area (Å²) in [7, 11) is 3.47. The SMILES string of the molecule is CCc1ccccc1CN1CCn2nc(CNC(=O)N(C)C)cc2C1. The minimum atomic E-state index is -0.0937. The number of aromatic nitrogens is 2. The Morgan fingerprint density at radius 2 is 2.00 bits per heavy atom. The van der Waals surface area contributed by atoms with Crippen molar-refractivity contribution in [2.45, 2.75) is 39.5 Å². The van der Waals surface area contributed by atoms with E-state index in [-0.39, 0.29) is 6.03 Å². The van der Waals surface area contributed by atoms with Gasteiger partial charge in [0.05, 0.1) is 24.5 Å². The maximum Gasteiger partial charge on any atom is 0.317 e. The highest BCUT2D eigenvalue weighted by atomic mass is 16.2. The molecule has 6 heteroatoms. The van der Waals surface area contributed by atoms with Gasteiger partial charge in [0, 0.05) is 33.7 Å². The summed E-state index contributed by atoms with van der Waals surface area (Å²) >= 11 is 0. The number of benzene rings is 1. The zero-order valence-corrected chi connectivity index (χ0v) is 15.3. The van der Waals surface area contributed by atoms with Gasteiger partial charge in [0.2, 0.25) is 0 Å². The van der Waals surface area contributed by atoms with E-state index in [1.807, 2.05) is 0 Å². The van der Waals surface area contributed by atoms with Crippen LogP contribution in [-0.4, -0.2) is 46.3 Å². The lowest BCUT2D eigenvalue weighted by Gasteiger charge is -2.28. The minimum Gasteiger partial charge on any atom is -0.332 e. The van der Waals surface area contributed by atoms with Gasteiger partial charge in [-0.1, -0.05) is 31.2 Å². The molecular formula is C19H27N5O. The number of hydrogen-bond acceptors (Lipinski definition) is 3. The number of nitrogens with one attached hydrogen (secondary N) is 1. The molecule has 6 nitrogen and oxygen atoms in total. The summed E-state index contributed by atoms with van der Waals surface area (Å²) in [6.07, 6.45) is 1.07. The molecule has 0 spiro atoms. The van der Waals surface area contributed by atoms with Crippen LogP contribution >= 0.6 is 0 Å². The summed E-state index contributed by atoms with van der Waals surface area (Å²) in [4.78, 5) is 15.6. The van der Waals surface area contributed by atoms with Crippen LogP contribution in [0.3, 0.4) is 0 Å². The number of amides is 2. The van der Waals surface area contributed by atoms with Gasteiger partial charge >= 0.3 is 6.03 Å². The number of fused-ring (bicyclic) bond motifs is 1. The zero-order valence-electron chi connectivity index (χ0n) is 15.3. The fourth-order valence-corrected chi connectivity index (χ4v) is 3.22. The third-order valence-electron chi connectivity index (χ3n) is 4.65. The van der Waals surface area contributed by atoms with Crippen LogP contribution in [0.15, 0.2) is 30.3 Å². The molecule has 134 valence electrons. The molecule has 1 aliphatic heterocycles. The van der Waals surface area contributed by atoms with E-state index >= 15 is 0 Å². The van der Waals surface area contributed by atoms with Crippen LogP contribution in [0, 0.1) is 0 Å². The molecule has 1 aromatic heterocycles. The van der Waals surface area contributed by atoms with E-state index in [4.69, 9.17) is 0 Å². The molecule has 1 N–H and O–H groups in total. The number of rotatable bonds is 5. The number of nitrogens with zero attached hydrogens (tertiary/aromatic N) is 4. The third-order valence-corrected chi connectivity index (χ3v) is 4.65. The fourth-order valence-electron chi connectivity index (χ4n) is 3.22. The molecule has 0 aliphatic carbocycles. The molecule has 25 heavy (non-hydrogen) atoms. The molecule has 0 saturated carbocycles. The Balaban J connectivity index is 1.62. The Morgan fingerprint density at radius 3 is 2.72 bits per heavy atom. The molecule has 1 aromatic carbocycles. The van der Waals surface area contributed by atoms with Crippen molar-refractivity contribution in [3.8, 4) is 0 Å². The second-order valence-electron chi connectivity index (χ2n) is 6.74. The topological polar surface area (TPSA) is 53.4 Å². The molecule has 3 rings (SSSR count). The molecule has 0 unspecified atom stereocenters. The lowest BCUT2D eigenvalue weighted by molar-refractivity contribution is 0.204. The standard InChI is InChI=1S/C19H27N5O/c1-4-15-7-5-6-8-16(15)13-23-9-10-24-18(14-23)11-17(21-24)12-20-19(25)22(2)3/h5-8,11H,4,9-10,12-14H2,1-3H3,(H,20,25).